The van der Waals surface area contributed by atoms with Gasteiger partial charge in [0.25, 0.3) is 0 Å². The summed E-state index contributed by atoms with van der Waals surface area (Å²) in [4.78, 5) is 15.4. The Balaban J connectivity index is 1.90. The van der Waals surface area contributed by atoms with Crippen LogP contribution in [0.1, 0.15) is 58.4 Å². The van der Waals surface area contributed by atoms with Crippen LogP contribution in [0.15, 0.2) is 42.7 Å². The monoisotopic (exact) mass is 517 g/mol. The molecule has 10 heteroatoms. The molecular formula is C23H27N5OS4. The highest BCUT2D eigenvalue weighted by atomic mass is 32.2. The Morgan fingerprint density at radius 3 is 2.79 bits per heavy atom. The number of anilines is 1. The van der Waals surface area contributed by atoms with Crippen molar-refractivity contribution in [2.75, 3.05) is 16.4 Å². The zero-order valence-corrected chi connectivity index (χ0v) is 22.4. The fourth-order valence-electron chi connectivity index (χ4n) is 4.35. The van der Waals surface area contributed by atoms with Gasteiger partial charge in [0.1, 0.15) is 5.82 Å². The van der Waals surface area contributed by atoms with Crippen LogP contribution in [0.25, 0.3) is 0 Å². The predicted molar refractivity (Wildman–Crippen MR) is 139 cm³/mol. The van der Waals surface area contributed by atoms with Gasteiger partial charge in [-0.1, -0.05) is 50.8 Å². The van der Waals surface area contributed by atoms with E-state index in [-0.39, 0.29) is 11.2 Å². The molecule has 4 rings (SSSR count). The molecule has 3 heterocycles. The minimum absolute atomic E-state index is 0.0836. The van der Waals surface area contributed by atoms with Crippen molar-refractivity contribution in [3.05, 3.63) is 39.7 Å². The molecule has 2 aliphatic rings. The Morgan fingerprint density at radius 2 is 2.09 bits per heavy atom. The maximum absolute atomic E-state index is 13.6. The Kier molecular flexibility index (Phi) is 7.24. The number of thioether (sulfide) groups is 2. The zero-order valence-electron chi connectivity index (χ0n) is 19.2. The molecule has 2 aromatic rings. The van der Waals surface area contributed by atoms with E-state index in [0.717, 1.165) is 37.7 Å². The first-order valence-electron chi connectivity index (χ1n) is 10.9. The maximum atomic E-state index is 13.6. The molecule has 174 valence electrons. The quantitative estimate of drug-likeness (QED) is 0.437. The molecule has 1 aliphatic carbocycles. The molecule has 1 unspecified atom stereocenters. The van der Waals surface area contributed by atoms with E-state index in [0.29, 0.717) is 34.9 Å². The normalized spacial score (nSPS) is 20.3. The molecule has 0 saturated heterocycles. The van der Waals surface area contributed by atoms with Crippen LogP contribution in [0.5, 0.6) is 0 Å². The second-order valence-corrected chi connectivity index (χ2v) is 13.5. The minimum Gasteiger partial charge on any atom is -0.384 e. The van der Waals surface area contributed by atoms with Crippen LogP contribution < -0.4 is 10.6 Å². The van der Waals surface area contributed by atoms with Gasteiger partial charge in [0.15, 0.2) is 10.1 Å². The van der Waals surface area contributed by atoms with Crippen molar-refractivity contribution in [3.8, 4) is 6.07 Å². The summed E-state index contributed by atoms with van der Waals surface area (Å²) in [6.45, 7) is 8.44. The molecular weight excluding hydrogens is 491 g/mol. The lowest BCUT2D eigenvalue weighted by atomic mass is 9.69. The SMILES string of the molecule is CCCSc1nnc(N2C(N)=C(C#N)C(c3ccsc3SCC)C3=C2CC(C)(C)CC3=O)s1. The number of hydrogen-bond acceptors (Lipinski definition) is 10. The Bertz CT molecular complexity index is 1170. The van der Waals surface area contributed by atoms with Crippen molar-refractivity contribution >= 4 is 57.1 Å². The lowest BCUT2D eigenvalue weighted by Gasteiger charge is -2.42. The van der Waals surface area contributed by atoms with E-state index >= 15 is 0 Å². The van der Waals surface area contributed by atoms with Crippen molar-refractivity contribution in [1.29, 1.82) is 5.26 Å². The number of Topliss-reactive ketones (excluding diaryl/α,β-unsaturated/α-hetero) is 1. The molecule has 6 nitrogen and oxygen atoms in total. The standard InChI is InChI=1S/C23H27N5OS4/c1-5-8-32-22-27-26-21(33-22)28-15-10-23(3,4)11-16(29)18(15)17(14(12-24)19(28)25)13-7-9-31-20(13)30-6-2/h7,9,17H,5-6,8,10-11,25H2,1-4H3. The van der Waals surface area contributed by atoms with Crippen LogP contribution in [0, 0.1) is 16.7 Å². The summed E-state index contributed by atoms with van der Waals surface area (Å²) in [5.41, 5.74) is 9.46. The predicted octanol–water partition coefficient (Wildman–Crippen LogP) is 6.15. The molecule has 1 atom stereocenters. The molecule has 0 bridgehead atoms. The van der Waals surface area contributed by atoms with Crippen molar-refractivity contribution in [2.45, 2.75) is 61.4 Å². The first-order chi connectivity index (χ1) is 15.8. The summed E-state index contributed by atoms with van der Waals surface area (Å²) in [7, 11) is 0. The largest absolute Gasteiger partial charge is 0.384 e. The zero-order chi connectivity index (χ0) is 23.8. The first-order valence-corrected chi connectivity index (χ1v) is 14.6. The number of allylic oxidation sites excluding steroid dienone is 3. The fourth-order valence-corrected chi connectivity index (χ4v) is 8.22. The summed E-state index contributed by atoms with van der Waals surface area (Å²) < 4.78 is 2.00. The van der Waals surface area contributed by atoms with Crippen LogP contribution in [-0.4, -0.2) is 27.5 Å². The van der Waals surface area contributed by atoms with Crippen LogP contribution >= 0.6 is 46.2 Å². The summed E-state index contributed by atoms with van der Waals surface area (Å²) in [5, 5.41) is 21.6. The number of aromatic nitrogens is 2. The second-order valence-electron chi connectivity index (χ2n) is 8.78. The van der Waals surface area contributed by atoms with Crippen LogP contribution in [0.2, 0.25) is 0 Å². The van der Waals surface area contributed by atoms with Gasteiger partial charge in [0.2, 0.25) is 5.13 Å². The summed E-state index contributed by atoms with van der Waals surface area (Å²) in [6.07, 6.45) is 2.17. The number of thiophene rings is 1. The highest BCUT2D eigenvalue weighted by Gasteiger charge is 2.46. The molecule has 0 fully saturated rings. The third kappa shape index (κ3) is 4.61. The molecule has 1 aliphatic heterocycles. The fraction of sp³-hybridized carbons (Fsp3) is 0.478. The molecule has 0 spiro atoms. The highest BCUT2D eigenvalue weighted by Crippen LogP contribution is 2.52. The molecule has 0 saturated carbocycles. The number of hydrogen-bond donors (Lipinski definition) is 1. The van der Waals surface area contributed by atoms with Gasteiger partial charge in [-0.2, -0.15) is 5.26 Å². The lowest BCUT2D eigenvalue weighted by Crippen LogP contribution is -2.42. The van der Waals surface area contributed by atoms with Crippen molar-refractivity contribution < 1.29 is 4.79 Å². The topological polar surface area (TPSA) is 95.9 Å². The summed E-state index contributed by atoms with van der Waals surface area (Å²) in [5.74, 6) is 1.88. The number of rotatable bonds is 7. The van der Waals surface area contributed by atoms with Crippen molar-refractivity contribution in [1.82, 2.24) is 10.2 Å². The van der Waals surface area contributed by atoms with Crippen LogP contribution in [-0.2, 0) is 4.79 Å². The number of carbonyl (C=O) groups excluding carboxylic acids is 1. The second kappa shape index (κ2) is 9.82. The maximum Gasteiger partial charge on any atom is 0.219 e. The van der Waals surface area contributed by atoms with E-state index in [1.807, 2.05) is 16.3 Å². The molecule has 0 amide bonds. The van der Waals surface area contributed by atoms with E-state index in [1.54, 1.807) is 34.9 Å². The van der Waals surface area contributed by atoms with Gasteiger partial charge in [-0.15, -0.1) is 33.3 Å². The average Bonchev–Trinajstić information content (AvgIpc) is 3.40. The molecule has 0 aromatic carbocycles. The van der Waals surface area contributed by atoms with Gasteiger partial charge in [-0.25, -0.2) is 0 Å². The van der Waals surface area contributed by atoms with Gasteiger partial charge < -0.3 is 5.73 Å². The smallest absolute Gasteiger partial charge is 0.219 e. The average molecular weight is 518 g/mol. The van der Waals surface area contributed by atoms with Gasteiger partial charge in [0, 0.05) is 23.4 Å². The van der Waals surface area contributed by atoms with E-state index < -0.39 is 5.92 Å². The number of ketones is 1. The summed E-state index contributed by atoms with van der Waals surface area (Å²) >= 11 is 6.51. The van der Waals surface area contributed by atoms with E-state index in [4.69, 9.17) is 5.73 Å². The number of nitriles is 1. The number of nitrogens with two attached hydrogens (primary N) is 1. The Labute approximate surface area is 211 Å². The first kappa shape index (κ1) is 24.3. The van der Waals surface area contributed by atoms with Crippen LogP contribution in [0.4, 0.5) is 5.13 Å². The Hall–Kier alpha value is -1.80. The molecule has 2 N–H and O–H groups in total. The van der Waals surface area contributed by atoms with Gasteiger partial charge in [0.05, 0.1) is 21.8 Å². The lowest BCUT2D eigenvalue weighted by molar-refractivity contribution is -0.118. The van der Waals surface area contributed by atoms with Crippen molar-refractivity contribution in [2.24, 2.45) is 11.1 Å². The van der Waals surface area contributed by atoms with Gasteiger partial charge in [-0.3, -0.25) is 9.69 Å². The van der Waals surface area contributed by atoms with E-state index in [2.05, 4.69) is 44.0 Å². The number of nitrogens with zero attached hydrogens (tertiary/aromatic N) is 4. The summed E-state index contributed by atoms with van der Waals surface area (Å²) in [6, 6.07) is 4.39. The molecule has 33 heavy (non-hydrogen) atoms. The van der Waals surface area contributed by atoms with Crippen molar-refractivity contribution in [3.63, 3.8) is 0 Å². The van der Waals surface area contributed by atoms with Gasteiger partial charge >= 0.3 is 0 Å². The molecule has 2 aromatic heterocycles. The van der Waals surface area contributed by atoms with E-state index in [1.165, 1.54) is 11.3 Å². The third-order valence-electron chi connectivity index (χ3n) is 5.64. The number of carbonyl (C=O) groups is 1. The highest BCUT2D eigenvalue weighted by molar-refractivity contribution is 8.01. The molecule has 0 radical (unpaired) electrons. The van der Waals surface area contributed by atoms with Crippen LogP contribution in [0.3, 0.4) is 0 Å². The third-order valence-corrected chi connectivity index (χ3v) is 10.0. The van der Waals surface area contributed by atoms with E-state index in [9.17, 15) is 10.1 Å². The van der Waals surface area contributed by atoms with Gasteiger partial charge in [-0.05, 0) is 41.0 Å². The Morgan fingerprint density at radius 1 is 1.30 bits per heavy atom. The minimum atomic E-state index is -0.438.